The highest BCUT2D eigenvalue weighted by Gasteiger charge is 2.35. The van der Waals surface area contributed by atoms with Gasteiger partial charge in [0, 0.05) is 11.1 Å². The molecule has 1 heterocycles. The molecule has 2 N–H and O–H groups in total. The molecule has 9 heteroatoms. The summed E-state index contributed by atoms with van der Waals surface area (Å²) >= 11 is 0. The Labute approximate surface area is 138 Å². The second-order valence-electron chi connectivity index (χ2n) is 6.33. The highest BCUT2D eigenvalue weighted by molar-refractivity contribution is 7.89. The number of carboxylic acid groups (broad SMARTS) is 1. The fraction of sp³-hybridized carbons (Fsp3) is 0.400. The average Bonchev–Trinajstić information content (AvgIpc) is 2.42. The number of rotatable bonds is 4. The number of alkyl halides is 2. The van der Waals surface area contributed by atoms with Gasteiger partial charge in [-0.2, -0.15) is 0 Å². The first kappa shape index (κ1) is 18.3. The first-order valence-electron chi connectivity index (χ1n) is 6.98. The molecule has 0 spiro atoms. The Morgan fingerprint density at radius 3 is 2.46 bits per heavy atom. The van der Waals surface area contributed by atoms with Crippen LogP contribution in [-0.2, 0) is 14.8 Å². The molecule has 2 rings (SSSR count). The molecule has 0 amide bonds. The van der Waals surface area contributed by atoms with E-state index < -0.39 is 39.6 Å². The van der Waals surface area contributed by atoms with Crippen molar-refractivity contribution in [3.8, 4) is 5.75 Å². The van der Waals surface area contributed by atoms with Crippen molar-refractivity contribution in [3.63, 3.8) is 0 Å². The van der Waals surface area contributed by atoms with Crippen LogP contribution in [0.5, 0.6) is 5.75 Å². The fourth-order valence-corrected chi connectivity index (χ4v) is 3.65. The smallest absolute Gasteiger partial charge is 0.335 e. The summed E-state index contributed by atoms with van der Waals surface area (Å²) in [6.07, 6.45) is -3.91. The molecule has 0 saturated heterocycles. The van der Waals surface area contributed by atoms with E-state index in [1.807, 2.05) is 0 Å². The maximum Gasteiger partial charge on any atom is 0.335 e. The number of benzene rings is 1. The normalized spacial score (nSPS) is 17.9. The van der Waals surface area contributed by atoms with E-state index in [0.29, 0.717) is 0 Å². The number of halogens is 2. The third kappa shape index (κ3) is 3.90. The van der Waals surface area contributed by atoms with Crippen LogP contribution in [0.4, 0.5) is 8.78 Å². The Hall–Kier alpha value is -2.00. The number of carboxylic acids is 1. The molecule has 0 aliphatic carbocycles. The quantitative estimate of drug-likeness (QED) is 0.858. The van der Waals surface area contributed by atoms with Crippen molar-refractivity contribution in [1.29, 1.82) is 0 Å². The second kappa shape index (κ2) is 6.14. The fourth-order valence-electron chi connectivity index (χ4n) is 2.20. The maximum atomic E-state index is 12.9. The second-order valence-corrected chi connectivity index (χ2v) is 8.02. The van der Waals surface area contributed by atoms with E-state index in [-0.39, 0.29) is 16.2 Å². The van der Waals surface area contributed by atoms with Crippen molar-refractivity contribution in [2.45, 2.75) is 43.7 Å². The van der Waals surface area contributed by atoms with E-state index in [9.17, 15) is 22.0 Å². The number of ether oxygens (including phenoxy) is 1. The van der Waals surface area contributed by atoms with Gasteiger partial charge in [0.1, 0.15) is 5.75 Å². The standard InChI is InChI=1S/C15H17F2NO5S/c1-15(2,3)18-24(21,22)9-4-5-11-8(6-9)7-10(14(19)20)12(23-11)13(16)17/h4-7,12-13,18H,1-3H3,(H,19,20). The Bertz CT molecular complexity index is 797. The molecular formula is C15H17F2NO5S. The zero-order valence-corrected chi connectivity index (χ0v) is 14.0. The number of fused-ring (bicyclic) bond motifs is 1. The van der Waals surface area contributed by atoms with Gasteiger partial charge in [0.05, 0.1) is 10.5 Å². The summed E-state index contributed by atoms with van der Waals surface area (Å²) in [5, 5.41) is 9.05. The number of hydrogen-bond acceptors (Lipinski definition) is 4. The molecule has 0 radical (unpaired) electrons. The van der Waals surface area contributed by atoms with E-state index in [4.69, 9.17) is 9.84 Å². The van der Waals surface area contributed by atoms with E-state index in [2.05, 4.69) is 4.72 Å². The molecule has 0 fully saturated rings. The molecule has 1 atom stereocenters. The van der Waals surface area contributed by atoms with Gasteiger partial charge in [-0.05, 0) is 45.0 Å². The van der Waals surface area contributed by atoms with E-state index in [1.54, 1.807) is 20.8 Å². The molecule has 6 nitrogen and oxygen atoms in total. The van der Waals surface area contributed by atoms with Crippen molar-refractivity contribution < 1.29 is 31.8 Å². The van der Waals surface area contributed by atoms with Crippen molar-refractivity contribution >= 4 is 22.1 Å². The van der Waals surface area contributed by atoms with Crippen LogP contribution in [0.1, 0.15) is 26.3 Å². The molecule has 0 bridgehead atoms. The van der Waals surface area contributed by atoms with Crippen LogP contribution in [-0.4, -0.2) is 37.6 Å². The molecule has 1 aliphatic rings. The average molecular weight is 361 g/mol. The molecule has 0 aromatic heterocycles. The number of sulfonamides is 1. The van der Waals surface area contributed by atoms with Gasteiger partial charge in [-0.25, -0.2) is 26.7 Å². The van der Waals surface area contributed by atoms with Crippen LogP contribution in [0, 0.1) is 0 Å². The Morgan fingerprint density at radius 1 is 1.33 bits per heavy atom. The lowest BCUT2D eigenvalue weighted by Gasteiger charge is -2.25. The zero-order chi connectivity index (χ0) is 18.3. The highest BCUT2D eigenvalue weighted by atomic mass is 32.2. The van der Waals surface area contributed by atoms with Crippen LogP contribution >= 0.6 is 0 Å². The minimum Gasteiger partial charge on any atom is -0.479 e. The summed E-state index contributed by atoms with van der Waals surface area (Å²) in [5.74, 6) is -1.55. The van der Waals surface area contributed by atoms with Gasteiger partial charge in [0.25, 0.3) is 6.43 Å². The van der Waals surface area contributed by atoms with Crippen LogP contribution in [0.3, 0.4) is 0 Å². The molecule has 132 valence electrons. The summed E-state index contributed by atoms with van der Waals surface area (Å²) in [7, 11) is -3.85. The molecule has 24 heavy (non-hydrogen) atoms. The number of carbonyl (C=O) groups is 1. The van der Waals surface area contributed by atoms with Gasteiger partial charge in [0.2, 0.25) is 10.0 Å². The predicted octanol–water partition coefficient (Wildman–Crippen LogP) is 2.26. The van der Waals surface area contributed by atoms with Crippen molar-refractivity contribution in [2.24, 2.45) is 0 Å². The molecule has 0 saturated carbocycles. The highest BCUT2D eigenvalue weighted by Crippen LogP contribution is 2.33. The van der Waals surface area contributed by atoms with Crippen molar-refractivity contribution in [1.82, 2.24) is 4.72 Å². The van der Waals surface area contributed by atoms with Gasteiger partial charge in [-0.15, -0.1) is 0 Å². The summed E-state index contributed by atoms with van der Waals surface area (Å²) in [5.41, 5.74) is -1.23. The van der Waals surface area contributed by atoms with Gasteiger partial charge in [0.15, 0.2) is 6.10 Å². The number of aliphatic carboxylic acids is 1. The first-order valence-corrected chi connectivity index (χ1v) is 8.47. The third-order valence-corrected chi connectivity index (χ3v) is 4.84. The maximum absolute atomic E-state index is 12.9. The Kier molecular flexibility index (Phi) is 4.69. The predicted molar refractivity (Wildman–Crippen MR) is 82.5 cm³/mol. The van der Waals surface area contributed by atoms with Gasteiger partial charge >= 0.3 is 5.97 Å². The van der Waals surface area contributed by atoms with Crippen molar-refractivity contribution in [2.75, 3.05) is 0 Å². The van der Waals surface area contributed by atoms with Crippen LogP contribution in [0.15, 0.2) is 28.7 Å². The largest absolute Gasteiger partial charge is 0.479 e. The van der Waals surface area contributed by atoms with Crippen LogP contribution in [0.25, 0.3) is 6.08 Å². The summed E-state index contributed by atoms with van der Waals surface area (Å²) < 4.78 is 58.0. The summed E-state index contributed by atoms with van der Waals surface area (Å²) in [6, 6.07) is 3.64. The Morgan fingerprint density at radius 2 is 1.96 bits per heavy atom. The monoisotopic (exact) mass is 361 g/mol. The van der Waals surface area contributed by atoms with Crippen molar-refractivity contribution in [3.05, 3.63) is 29.3 Å². The van der Waals surface area contributed by atoms with E-state index in [0.717, 1.165) is 6.08 Å². The SMILES string of the molecule is CC(C)(C)NS(=O)(=O)c1ccc2c(c1)C=C(C(=O)O)C(C(F)F)O2. The van der Waals surface area contributed by atoms with Crippen LogP contribution in [0.2, 0.25) is 0 Å². The lowest BCUT2D eigenvalue weighted by Crippen LogP contribution is -2.40. The molecule has 1 aromatic rings. The third-order valence-electron chi connectivity index (χ3n) is 3.08. The summed E-state index contributed by atoms with van der Waals surface area (Å²) in [4.78, 5) is 11.0. The van der Waals surface area contributed by atoms with Gasteiger partial charge in [-0.3, -0.25) is 0 Å². The lowest BCUT2D eigenvalue weighted by atomic mass is 10.0. The number of nitrogens with one attached hydrogen (secondary N) is 1. The first-order chi connectivity index (χ1) is 10.9. The lowest BCUT2D eigenvalue weighted by molar-refractivity contribution is -0.134. The number of hydrogen-bond donors (Lipinski definition) is 2. The minimum absolute atomic E-state index is 0.00000803. The Balaban J connectivity index is 2.48. The zero-order valence-electron chi connectivity index (χ0n) is 13.2. The molecular weight excluding hydrogens is 344 g/mol. The van der Waals surface area contributed by atoms with E-state index >= 15 is 0 Å². The summed E-state index contributed by atoms with van der Waals surface area (Å²) in [6.45, 7) is 5.01. The molecule has 1 unspecified atom stereocenters. The molecule has 1 aromatic carbocycles. The van der Waals surface area contributed by atoms with E-state index in [1.165, 1.54) is 18.2 Å². The van der Waals surface area contributed by atoms with Gasteiger partial charge < -0.3 is 9.84 Å². The minimum atomic E-state index is -3.85. The van der Waals surface area contributed by atoms with Gasteiger partial charge in [-0.1, -0.05) is 0 Å². The molecule has 1 aliphatic heterocycles. The topological polar surface area (TPSA) is 92.7 Å². The van der Waals surface area contributed by atoms with Crippen LogP contribution < -0.4 is 9.46 Å².